The lowest BCUT2D eigenvalue weighted by Crippen LogP contribution is -2.32. The summed E-state index contributed by atoms with van der Waals surface area (Å²) in [4.78, 5) is 13.1. The molecule has 0 atom stereocenters. The van der Waals surface area contributed by atoms with Crippen molar-refractivity contribution in [3.8, 4) is 0 Å². The Morgan fingerprint density at radius 1 is 1.35 bits per heavy atom. The van der Waals surface area contributed by atoms with Crippen molar-refractivity contribution in [2.45, 2.75) is 4.90 Å². The van der Waals surface area contributed by atoms with E-state index < -0.39 is 25.8 Å². The molecule has 0 aliphatic carbocycles. The number of sulfonamides is 1. The fourth-order valence-corrected chi connectivity index (χ4v) is 2.69. The minimum Gasteiger partial charge on any atom is -0.345 e. The number of primary sulfonamides is 1. The minimum atomic E-state index is -3.89. The molecule has 8 nitrogen and oxygen atoms in total. The third kappa shape index (κ3) is 4.32. The molecule has 0 unspecified atom stereocenters. The third-order valence-electron chi connectivity index (χ3n) is 2.67. The first kappa shape index (κ1) is 16.7. The van der Waals surface area contributed by atoms with Crippen LogP contribution in [0.3, 0.4) is 0 Å². The summed E-state index contributed by atoms with van der Waals surface area (Å²) in [5, 5.41) is 4.99. The molecule has 1 heterocycles. The van der Waals surface area contributed by atoms with Gasteiger partial charge in [0.05, 0.1) is 5.75 Å². The molecule has 1 rings (SSSR count). The van der Waals surface area contributed by atoms with Gasteiger partial charge in [0.2, 0.25) is 10.0 Å². The number of sulfone groups is 1. The van der Waals surface area contributed by atoms with Crippen LogP contribution in [-0.2, 0) is 26.9 Å². The molecule has 0 aromatic carbocycles. The number of hydrogen-bond donors (Lipinski definition) is 1. The molecule has 0 saturated carbocycles. The molecule has 0 bridgehead atoms. The Kier molecular flexibility index (Phi) is 4.62. The zero-order valence-electron chi connectivity index (χ0n) is 11.4. The fourth-order valence-electron chi connectivity index (χ4n) is 1.50. The van der Waals surface area contributed by atoms with Crippen LogP contribution in [-0.4, -0.2) is 57.8 Å². The lowest BCUT2D eigenvalue weighted by Gasteiger charge is -2.16. The molecule has 10 heteroatoms. The Bertz CT molecular complexity index is 718. The van der Waals surface area contributed by atoms with Gasteiger partial charge >= 0.3 is 0 Å². The zero-order chi connectivity index (χ0) is 15.7. The van der Waals surface area contributed by atoms with Gasteiger partial charge in [0.25, 0.3) is 5.91 Å². The maximum absolute atomic E-state index is 12.1. The first-order valence-corrected chi connectivity index (χ1v) is 9.15. The summed E-state index contributed by atoms with van der Waals surface area (Å²) in [7, 11) is -4.12. The highest BCUT2D eigenvalue weighted by atomic mass is 32.2. The maximum Gasteiger partial charge on any atom is 0.270 e. The van der Waals surface area contributed by atoms with Crippen LogP contribution in [0, 0.1) is 0 Å². The number of aromatic nitrogens is 1. The van der Waals surface area contributed by atoms with Crippen molar-refractivity contribution in [3.05, 3.63) is 18.0 Å². The topological polar surface area (TPSA) is 120 Å². The highest BCUT2D eigenvalue weighted by molar-refractivity contribution is 7.90. The van der Waals surface area contributed by atoms with Gasteiger partial charge in [-0.25, -0.2) is 22.0 Å². The molecule has 20 heavy (non-hydrogen) atoms. The van der Waals surface area contributed by atoms with E-state index in [1.54, 1.807) is 0 Å². The SMILES string of the molecule is CN(CCS(C)(=O)=O)C(=O)c1cc(S(N)(=O)=O)cn1C. The molecular weight excluding hydrogens is 306 g/mol. The number of carbonyl (C=O) groups is 1. The molecular formula is C10H17N3O5S2. The monoisotopic (exact) mass is 323 g/mol. The number of hydrogen-bond acceptors (Lipinski definition) is 5. The zero-order valence-corrected chi connectivity index (χ0v) is 13.0. The Hall–Kier alpha value is -1.39. The number of carbonyl (C=O) groups excluding carboxylic acids is 1. The second-order valence-corrected chi connectivity index (χ2v) is 8.39. The molecule has 2 N–H and O–H groups in total. The van der Waals surface area contributed by atoms with Gasteiger partial charge in [-0.2, -0.15) is 0 Å². The van der Waals surface area contributed by atoms with Crippen molar-refractivity contribution < 1.29 is 21.6 Å². The van der Waals surface area contributed by atoms with Gasteiger partial charge < -0.3 is 9.47 Å². The highest BCUT2D eigenvalue weighted by Gasteiger charge is 2.20. The van der Waals surface area contributed by atoms with E-state index in [1.165, 1.54) is 29.8 Å². The van der Waals surface area contributed by atoms with Gasteiger partial charge in [0.1, 0.15) is 20.4 Å². The number of amides is 1. The van der Waals surface area contributed by atoms with E-state index in [0.717, 1.165) is 12.3 Å². The van der Waals surface area contributed by atoms with Crippen molar-refractivity contribution in [1.29, 1.82) is 0 Å². The van der Waals surface area contributed by atoms with Gasteiger partial charge in [-0.3, -0.25) is 4.79 Å². The lowest BCUT2D eigenvalue weighted by molar-refractivity contribution is 0.0794. The number of nitrogens with zero attached hydrogens (tertiary/aromatic N) is 2. The number of nitrogens with two attached hydrogens (primary N) is 1. The molecule has 1 amide bonds. The second-order valence-electron chi connectivity index (χ2n) is 4.57. The van der Waals surface area contributed by atoms with Crippen LogP contribution >= 0.6 is 0 Å². The first-order chi connectivity index (χ1) is 8.92. The molecule has 1 aromatic rings. The Balaban J connectivity index is 2.95. The standard InChI is InChI=1S/C10H17N3O5S2/c1-12(4-5-19(3,15)16)10(14)9-6-8(7-13(9)2)20(11,17)18/h6-7H,4-5H2,1-3H3,(H2,11,17,18). The summed E-state index contributed by atoms with van der Waals surface area (Å²) in [6.45, 7) is 0.0214. The van der Waals surface area contributed by atoms with Crippen LogP contribution in [0.1, 0.15) is 10.5 Å². The summed E-state index contributed by atoms with van der Waals surface area (Å²) in [5.74, 6) is -0.645. The molecule has 114 valence electrons. The number of rotatable bonds is 5. The molecule has 0 aliphatic heterocycles. The van der Waals surface area contributed by atoms with E-state index >= 15 is 0 Å². The average molecular weight is 323 g/mol. The van der Waals surface area contributed by atoms with Crippen LogP contribution in [0.2, 0.25) is 0 Å². The summed E-state index contributed by atoms with van der Waals surface area (Å²) in [6, 6.07) is 1.16. The number of aryl methyl sites for hydroxylation is 1. The van der Waals surface area contributed by atoms with E-state index in [4.69, 9.17) is 5.14 Å². The van der Waals surface area contributed by atoms with Crippen LogP contribution in [0.5, 0.6) is 0 Å². The highest BCUT2D eigenvalue weighted by Crippen LogP contribution is 2.13. The van der Waals surface area contributed by atoms with E-state index in [0.29, 0.717) is 0 Å². The average Bonchev–Trinajstić information content (AvgIpc) is 2.66. The molecule has 0 radical (unpaired) electrons. The van der Waals surface area contributed by atoms with E-state index in [2.05, 4.69) is 0 Å². The molecule has 0 fully saturated rings. The maximum atomic E-state index is 12.1. The largest absolute Gasteiger partial charge is 0.345 e. The van der Waals surface area contributed by atoms with Crippen molar-refractivity contribution in [2.75, 3.05) is 25.6 Å². The molecule has 1 aromatic heterocycles. The van der Waals surface area contributed by atoms with Gasteiger partial charge in [0, 0.05) is 33.1 Å². The predicted molar refractivity (Wildman–Crippen MR) is 73.5 cm³/mol. The minimum absolute atomic E-state index is 0.0214. The summed E-state index contributed by atoms with van der Waals surface area (Å²) < 4.78 is 45.9. The normalized spacial score (nSPS) is 12.4. The first-order valence-electron chi connectivity index (χ1n) is 5.54. The van der Waals surface area contributed by atoms with Crippen molar-refractivity contribution in [1.82, 2.24) is 9.47 Å². The Morgan fingerprint density at radius 3 is 2.30 bits per heavy atom. The van der Waals surface area contributed by atoms with Gasteiger partial charge in [0.15, 0.2) is 0 Å². The van der Waals surface area contributed by atoms with Gasteiger partial charge in [-0.05, 0) is 6.07 Å². The van der Waals surface area contributed by atoms with Crippen LogP contribution in [0.4, 0.5) is 0 Å². The third-order valence-corrected chi connectivity index (χ3v) is 4.48. The predicted octanol–water partition coefficient (Wildman–Crippen LogP) is -1.21. The summed E-state index contributed by atoms with van der Waals surface area (Å²) in [5.41, 5.74) is 0.116. The summed E-state index contributed by atoms with van der Waals surface area (Å²) >= 11 is 0. The van der Waals surface area contributed by atoms with Crippen molar-refractivity contribution >= 4 is 25.8 Å². The smallest absolute Gasteiger partial charge is 0.270 e. The molecule has 0 saturated heterocycles. The fraction of sp³-hybridized carbons (Fsp3) is 0.500. The van der Waals surface area contributed by atoms with E-state index in [9.17, 15) is 21.6 Å². The van der Waals surface area contributed by atoms with Crippen LogP contribution in [0.15, 0.2) is 17.2 Å². The van der Waals surface area contributed by atoms with Crippen LogP contribution in [0.25, 0.3) is 0 Å². The van der Waals surface area contributed by atoms with Crippen molar-refractivity contribution in [3.63, 3.8) is 0 Å². The van der Waals surface area contributed by atoms with Crippen molar-refractivity contribution in [2.24, 2.45) is 12.2 Å². The van der Waals surface area contributed by atoms with Crippen LogP contribution < -0.4 is 5.14 Å². The van der Waals surface area contributed by atoms with E-state index in [1.807, 2.05) is 0 Å². The van der Waals surface area contributed by atoms with Gasteiger partial charge in [-0.1, -0.05) is 0 Å². The summed E-state index contributed by atoms with van der Waals surface area (Å²) in [6.07, 6.45) is 2.31. The molecule has 0 aliphatic rings. The molecule has 0 spiro atoms. The van der Waals surface area contributed by atoms with Gasteiger partial charge in [-0.15, -0.1) is 0 Å². The Morgan fingerprint density at radius 2 is 1.90 bits per heavy atom. The van der Waals surface area contributed by atoms with E-state index in [-0.39, 0.29) is 22.9 Å². The lowest BCUT2D eigenvalue weighted by atomic mass is 10.3. The second kappa shape index (κ2) is 5.54. The Labute approximate surface area is 118 Å². The quantitative estimate of drug-likeness (QED) is 0.729.